The molecule has 2 aliphatic heterocycles. The molecule has 0 aromatic heterocycles. The maximum absolute atomic E-state index is 12.8. The van der Waals surface area contributed by atoms with Crippen molar-refractivity contribution in [1.82, 2.24) is 0 Å². The molecule has 1 fully saturated rings. The molecular weight excluding hydrogens is 384 g/mol. The van der Waals surface area contributed by atoms with Crippen molar-refractivity contribution in [2.75, 3.05) is 17.0 Å². The highest BCUT2D eigenvalue weighted by atomic mass is 32.2. The van der Waals surface area contributed by atoms with Crippen LogP contribution in [0.15, 0.2) is 47.4 Å². The first kappa shape index (κ1) is 17.6. The minimum absolute atomic E-state index is 0.153. The summed E-state index contributed by atoms with van der Waals surface area (Å²) in [6, 6.07) is 12.5. The van der Waals surface area contributed by atoms with E-state index in [4.69, 9.17) is 21.7 Å². The molecule has 8 heteroatoms. The van der Waals surface area contributed by atoms with Gasteiger partial charge in [-0.1, -0.05) is 30.0 Å². The fourth-order valence-corrected chi connectivity index (χ4v) is 4.04. The lowest BCUT2D eigenvalue weighted by atomic mass is 10.2. The molecule has 0 atom stereocenters. The number of fused-ring (bicyclic) bond motifs is 1. The molecule has 0 bridgehead atoms. The summed E-state index contributed by atoms with van der Waals surface area (Å²) in [5.74, 6) is 1.02. The van der Waals surface area contributed by atoms with E-state index in [-0.39, 0.29) is 18.6 Å². The Hall–Kier alpha value is -2.84. The smallest absolute Gasteiger partial charge is 0.270 e. The van der Waals surface area contributed by atoms with Crippen molar-refractivity contribution in [2.24, 2.45) is 0 Å². The Morgan fingerprint density at radius 1 is 1.19 bits per heavy atom. The van der Waals surface area contributed by atoms with Gasteiger partial charge in [-0.3, -0.25) is 14.5 Å². The lowest BCUT2D eigenvalue weighted by Gasteiger charge is -2.15. The molecule has 4 rings (SSSR count). The van der Waals surface area contributed by atoms with Crippen LogP contribution in [0, 0.1) is 0 Å². The topological polar surface area (TPSA) is 67.9 Å². The van der Waals surface area contributed by atoms with Crippen molar-refractivity contribution in [3.63, 3.8) is 0 Å². The number of hydrogen-bond acceptors (Lipinski definition) is 6. The van der Waals surface area contributed by atoms with Crippen LogP contribution in [-0.2, 0) is 9.59 Å². The van der Waals surface area contributed by atoms with Crippen LogP contribution < -0.4 is 19.7 Å². The van der Waals surface area contributed by atoms with Gasteiger partial charge in [0.1, 0.15) is 0 Å². The van der Waals surface area contributed by atoms with E-state index in [1.165, 1.54) is 23.6 Å². The molecule has 0 saturated carbocycles. The standard InChI is InChI=1S/C19H14N2O4S2/c1-11(22)20-13-3-5-14(6-4-13)21-18(23)17(27-19(21)26)9-12-2-7-15-16(8-12)25-10-24-15/h2-9H,10H2,1H3,(H,20,22). The van der Waals surface area contributed by atoms with Crippen LogP contribution in [0.1, 0.15) is 12.5 Å². The van der Waals surface area contributed by atoms with Gasteiger partial charge in [0, 0.05) is 12.6 Å². The van der Waals surface area contributed by atoms with Crippen LogP contribution in [0.2, 0.25) is 0 Å². The van der Waals surface area contributed by atoms with Crippen molar-refractivity contribution in [3.05, 3.63) is 52.9 Å². The second kappa shape index (κ2) is 7.05. The fourth-order valence-electron chi connectivity index (χ4n) is 2.74. The fraction of sp³-hybridized carbons (Fsp3) is 0.105. The average Bonchev–Trinajstić information content (AvgIpc) is 3.20. The summed E-state index contributed by atoms with van der Waals surface area (Å²) >= 11 is 6.63. The van der Waals surface area contributed by atoms with Crippen LogP contribution in [0.25, 0.3) is 6.08 Å². The minimum atomic E-state index is -0.185. The van der Waals surface area contributed by atoms with Gasteiger partial charge >= 0.3 is 0 Å². The van der Waals surface area contributed by atoms with Crippen LogP contribution in [0.3, 0.4) is 0 Å². The number of nitrogens with zero attached hydrogens (tertiary/aromatic N) is 1. The molecule has 2 amide bonds. The molecular formula is C19H14N2O4S2. The molecule has 2 aromatic rings. The number of anilines is 2. The summed E-state index contributed by atoms with van der Waals surface area (Å²) < 4.78 is 11.1. The molecule has 2 aliphatic rings. The highest BCUT2D eigenvalue weighted by Crippen LogP contribution is 2.38. The zero-order valence-corrected chi connectivity index (χ0v) is 15.9. The molecule has 2 aromatic carbocycles. The molecule has 1 saturated heterocycles. The molecule has 2 heterocycles. The lowest BCUT2D eigenvalue weighted by Crippen LogP contribution is -2.27. The first-order valence-electron chi connectivity index (χ1n) is 8.06. The number of amides is 2. The number of benzene rings is 2. The molecule has 6 nitrogen and oxygen atoms in total. The van der Waals surface area contributed by atoms with Gasteiger partial charge in [0.05, 0.1) is 10.6 Å². The van der Waals surface area contributed by atoms with Gasteiger partial charge in [-0.2, -0.15) is 0 Å². The van der Waals surface area contributed by atoms with Gasteiger partial charge in [0.25, 0.3) is 5.91 Å². The largest absolute Gasteiger partial charge is 0.454 e. The quantitative estimate of drug-likeness (QED) is 0.627. The van der Waals surface area contributed by atoms with Gasteiger partial charge < -0.3 is 14.8 Å². The zero-order valence-electron chi connectivity index (χ0n) is 14.2. The van der Waals surface area contributed by atoms with E-state index >= 15 is 0 Å². The van der Waals surface area contributed by atoms with Gasteiger partial charge in [0.15, 0.2) is 15.8 Å². The lowest BCUT2D eigenvalue weighted by molar-refractivity contribution is -0.114. The molecule has 0 spiro atoms. The van der Waals surface area contributed by atoms with Crippen molar-refractivity contribution in [2.45, 2.75) is 6.92 Å². The predicted octanol–water partition coefficient (Wildman–Crippen LogP) is 3.78. The Morgan fingerprint density at radius 3 is 2.67 bits per heavy atom. The summed E-state index contributed by atoms with van der Waals surface area (Å²) in [7, 11) is 0. The van der Waals surface area contributed by atoms with Gasteiger partial charge in [-0.15, -0.1) is 0 Å². The number of thioether (sulfide) groups is 1. The minimum Gasteiger partial charge on any atom is -0.454 e. The molecule has 0 aliphatic carbocycles. The summed E-state index contributed by atoms with van der Waals surface area (Å²) in [6.07, 6.45) is 1.78. The third-order valence-electron chi connectivity index (χ3n) is 3.93. The van der Waals surface area contributed by atoms with Crippen LogP contribution in [0.4, 0.5) is 11.4 Å². The summed E-state index contributed by atoms with van der Waals surface area (Å²) in [5.41, 5.74) is 2.15. The van der Waals surface area contributed by atoms with Gasteiger partial charge in [-0.05, 0) is 48.0 Å². The third kappa shape index (κ3) is 3.54. The van der Waals surface area contributed by atoms with E-state index in [2.05, 4.69) is 5.32 Å². The van der Waals surface area contributed by atoms with Gasteiger partial charge in [-0.25, -0.2) is 0 Å². The highest BCUT2D eigenvalue weighted by molar-refractivity contribution is 8.27. The number of carbonyl (C=O) groups is 2. The second-order valence-electron chi connectivity index (χ2n) is 5.86. The number of thiocarbonyl (C=S) groups is 1. The number of carbonyl (C=O) groups excluding carboxylic acids is 2. The van der Waals surface area contributed by atoms with Crippen molar-refractivity contribution in [1.29, 1.82) is 0 Å². The SMILES string of the molecule is CC(=O)Nc1ccc(N2C(=O)C(=Cc3ccc4c(c3)OCO4)SC2=S)cc1. The average molecular weight is 398 g/mol. The van der Waals surface area contributed by atoms with E-state index in [9.17, 15) is 9.59 Å². The normalized spacial score (nSPS) is 16.9. The summed E-state index contributed by atoms with van der Waals surface area (Å²) in [4.78, 5) is 26.0. The maximum atomic E-state index is 12.8. The third-order valence-corrected chi connectivity index (χ3v) is 5.24. The highest BCUT2D eigenvalue weighted by Gasteiger charge is 2.33. The molecule has 0 radical (unpaired) electrons. The second-order valence-corrected chi connectivity index (χ2v) is 7.53. The zero-order chi connectivity index (χ0) is 19.0. The summed E-state index contributed by atoms with van der Waals surface area (Å²) in [6.45, 7) is 1.65. The Balaban J connectivity index is 1.57. The first-order valence-corrected chi connectivity index (χ1v) is 9.29. The number of hydrogen-bond donors (Lipinski definition) is 1. The van der Waals surface area contributed by atoms with E-state index < -0.39 is 0 Å². The Labute approximate surface area is 165 Å². The van der Waals surface area contributed by atoms with E-state index in [0.717, 1.165) is 5.56 Å². The molecule has 1 N–H and O–H groups in total. The van der Waals surface area contributed by atoms with Crippen molar-refractivity contribution in [3.8, 4) is 11.5 Å². The predicted molar refractivity (Wildman–Crippen MR) is 109 cm³/mol. The number of rotatable bonds is 3. The van der Waals surface area contributed by atoms with Crippen molar-refractivity contribution < 1.29 is 19.1 Å². The van der Waals surface area contributed by atoms with E-state index in [1.54, 1.807) is 30.3 Å². The number of nitrogens with one attached hydrogen (secondary N) is 1. The monoisotopic (exact) mass is 398 g/mol. The Kier molecular flexibility index (Phi) is 4.59. The van der Waals surface area contributed by atoms with E-state index in [1.807, 2.05) is 18.2 Å². The van der Waals surface area contributed by atoms with Gasteiger partial charge in [0.2, 0.25) is 12.7 Å². The van der Waals surface area contributed by atoms with Crippen LogP contribution >= 0.6 is 24.0 Å². The van der Waals surface area contributed by atoms with Crippen molar-refractivity contribution >= 4 is 57.6 Å². The van der Waals surface area contributed by atoms with Crippen LogP contribution in [0.5, 0.6) is 11.5 Å². The Bertz CT molecular complexity index is 986. The Morgan fingerprint density at radius 2 is 1.93 bits per heavy atom. The summed E-state index contributed by atoms with van der Waals surface area (Å²) in [5, 5.41) is 2.69. The molecule has 27 heavy (non-hydrogen) atoms. The molecule has 0 unspecified atom stereocenters. The molecule has 136 valence electrons. The van der Waals surface area contributed by atoms with Crippen LogP contribution in [-0.4, -0.2) is 22.9 Å². The number of ether oxygens (including phenoxy) is 2. The maximum Gasteiger partial charge on any atom is 0.270 e. The first-order chi connectivity index (χ1) is 13.0. The van der Waals surface area contributed by atoms with E-state index in [0.29, 0.717) is 32.1 Å².